The summed E-state index contributed by atoms with van der Waals surface area (Å²) >= 11 is 10.4. The minimum absolute atomic E-state index is 0.447. The topological polar surface area (TPSA) is 35.0 Å². The summed E-state index contributed by atoms with van der Waals surface area (Å²) in [6.07, 6.45) is 0. The molecule has 0 fully saturated rings. The van der Waals surface area contributed by atoms with Gasteiger partial charge in [-0.25, -0.2) is 0 Å². The molecule has 15 heavy (non-hydrogen) atoms. The number of hydrogen-bond donors (Lipinski definition) is 0. The molecule has 78 valence electrons. The Morgan fingerprint density at radius 2 is 2.27 bits per heavy atom. The van der Waals surface area contributed by atoms with Crippen LogP contribution in [-0.4, -0.2) is 10.2 Å². The summed E-state index contributed by atoms with van der Waals surface area (Å²) in [7, 11) is 0. The number of rotatable bonds is 3. The van der Waals surface area contributed by atoms with Crippen molar-refractivity contribution in [2.75, 3.05) is 0 Å². The molecule has 0 atom stereocenters. The van der Waals surface area contributed by atoms with Crippen molar-refractivity contribution in [3.05, 3.63) is 38.8 Å². The highest BCUT2D eigenvalue weighted by Gasteiger charge is 2.02. The maximum absolute atomic E-state index is 5.84. The van der Waals surface area contributed by atoms with E-state index in [1.54, 1.807) is 0 Å². The Balaban J connectivity index is 1.99. The summed E-state index contributed by atoms with van der Waals surface area (Å²) in [6.45, 7) is 0.447. The third-order valence-corrected chi connectivity index (χ3v) is 3.14. The number of hydrogen-bond acceptors (Lipinski definition) is 4. The highest BCUT2D eigenvalue weighted by Crippen LogP contribution is 2.23. The Kier molecular flexibility index (Phi) is 3.56. The van der Waals surface area contributed by atoms with E-state index in [1.807, 2.05) is 24.3 Å². The van der Waals surface area contributed by atoms with Crippen LogP contribution in [0.3, 0.4) is 0 Å². The first-order valence-corrected chi connectivity index (χ1v) is 6.09. The lowest BCUT2D eigenvalue weighted by Gasteiger charge is -2.01. The van der Waals surface area contributed by atoms with E-state index in [2.05, 4.69) is 26.1 Å². The maximum Gasteiger partial charge on any atom is 0.295 e. The summed E-state index contributed by atoms with van der Waals surface area (Å²) in [4.78, 5) is 0. The molecule has 3 nitrogen and oxygen atoms in total. The standard InChI is InChI=1S/C9H6BrClN2OS/c10-8-12-13-9(15-8)14-5-6-2-1-3-7(11)4-6/h1-4H,5H2. The van der Waals surface area contributed by atoms with Crippen molar-refractivity contribution in [1.29, 1.82) is 0 Å². The molecule has 0 N–H and O–H groups in total. The molecule has 0 amide bonds. The summed E-state index contributed by atoms with van der Waals surface area (Å²) in [5, 5.41) is 8.85. The lowest BCUT2D eigenvalue weighted by molar-refractivity contribution is 0.302. The van der Waals surface area contributed by atoms with Gasteiger partial charge in [-0.1, -0.05) is 28.8 Å². The van der Waals surface area contributed by atoms with E-state index >= 15 is 0 Å². The Labute approximate surface area is 104 Å². The smallest absolute Gasteiger partial charge is 0.295 e. The molecule has 0 saturated heterocycles. The number of benzene rings is 1. The van der Waals surface area contributed by atoms with Gasteiger partial charge in [-0.05, 0) is 45.0 Å². The van der Waals surface area contributed by atoms with Crippen molar-refractivity contribution in [3.63, 3.8) is 0 Å². The number of aromatic nitrogens is 2. The molecule has 2 rings (SSSR count). The third kappa shape index (κ3) is 3.15. The Morgan fingerprint density at radius 3 is 2.93 bits per heavy atom. The van der Waals surface area contributed by atoms with Gasteiger partial charge in [-0.15, -0.1) is 5.10 Å². The van der Waals surface area contributed by atoms with Gasteiger partial charge in [0.1, 0.15) is 6.61 Å². The molecule has 0 aliphatic carbocycles. The minimum Gasteiger partial charge on any atom is -0.464 e. The monoisotopic (exact) mass is 304 g/mol. The summed E-state index contributed by atoms with van der Waals surface area (Å²) in [5.74, 6) is 0. The molecule has 0 unspecified atom stereocenters. The average Bonchev–Trinajstić information content (AvgIpc) is 2.62. The van der Waals surface area contributed by atoms with E-state index in [0.717, 1.165) is 5.56 Å². The minimum atomic E-state index is 0.447. The third-order valence-electron chi connectivity index (χ3n) is 1.63. The van der Waals surface area contributed by atoms with E-state index in [0.29, 0.717) is 20.7 Å². The number of halogens is 2. The SMILES string of the molecule is Clc1cccc(COc2nnc(Br)s2)c1. The fraction of sp³-hybridized carbons (Fsp3) is 0.111. The quantitative estimate of drug-likeness (QED) is 0.870. The van der Waals surface area contributed by atoms with E-state index in [1.165, 1.54) is 11.3 Å². The van der Waals surface area contributed by atoms with Crippen LogP contribution in [-0.2, 0) is 6.61 Å². The van der Waals surface area contributed by atoms with Crippen LogP contribution in [0, 0.1) is 0 Å². The van der Waals surface area contributed by atoms with Crippen molar-refractivity contribution in [1.82, 2.24) is 10.2 Å². The fourth-order valence-electron chi connectivity index (χ4n) is 1.02. The van der Waals surface area contributed by atoms with Crippen LogP contribution in [0.5, 0.6) is 5.19 Å². The van der Waals surface area contributed by atoms with Crippen molar-refractivity contribution in [2.45, 2.75) is 6.61 Å². The summed E-state index contributed by atoms with van der Waals surface area (Å²) in [6, 6.07) is 7.52. The Bertz CT molecular complexity index is 463. The lowest BCUT2D eigenvalue weighted by Crippen LogP contribution is -1.94. The van der Waals surface area contributed by atoms with Crippen molar-refractivity contribution >= 4 is 38.9 Å². The zero-order valence-corrected chi connectivity index (χ0v) is 10.6. The van der Waals surface area contributed by atoms with E-state index in [9.17, 15) is 0 Å². The number of nitrogens with zero attached hydrogens (tertiary/aromatic N) is 2. The normalized spacial score (nSPS) is 10.3. The Hall–Kier alpha value is -0.650. The summed E-state index contributed by atoms with van der Waals surface area (Å²) < 4.78 is 6.14. The van der Waals surface area contributed by atoms with Gasteiger partial charge in [0.15, 0.2) is 3.92 Å². The zero-order valence-electron chi connectivity index (χ0n) is 7.48. The first-order valence-electron chi connectivity index (χ1n) is 4.10. The highest BCUT2D eigenvalue weighted by molar-refractivity contribution is 9.11. The van der Waals surface area contributed by atoms with Gasteiger partial charge in [-0.3, -0.25) is 0 Å². The van der Waals surface area contributed by atoms with Crippen LogP contribution >= 0.6 is 38.9 Å². The highest BCUT2D eigenvalue weighted by atomic mass is 79.9. The first-order chi connectivity index (χ1) is 7.24. The van der Waals surface area contributed by atoms with Gasteiger partial charge in [0.25, 0.3) is 5.19 Å². The van der Waals surface area contributed by atoms with Crippen LogP contribution in [0.4, 0.5) is 0 Å². The predicted octanol–water partition coefficient (Wildman–Crippen LogP) is 3.53. The van der Waals surface area contributed by atoms with E-state index in [4.69, 9.17) is 16.3 Å². The van der Waals surface area contributed by atoms with Crippen LogP contribution in [0.25, 0.3) is 0 Å². The van der Waals surface area contributed by atoms with E-state index in [-0.39, 0.29) is 0 Å². The molecular formula is C9H6BrClN2OS. The van der Waals surface area contributed by atoms with Gasteiger partial charge < -0.3 is 4.74 Å². The van der Waals surface area contributed by atoms with Gasteiger partial charge in [-0.2, -0.15) is 0 Å². The van der Waals surface area contributed by atoms with Gasteiger partial charge in [0.2, 0.25) is 0 Å². The number of ether oxygens (including phenoxy) is 1. The molecule has 0 bridgehead atoms. The van der Waals surface area contributed by atoms with Crippen LogP contribution in [0.1, 0.15) is 5.56 Å². The van der Waals surface area contributed by atoms with Gasteiger partial charge in [0.05, 0.1) is 0 Å². The maximum atomic E-state index is 5.84. The van der Waals surface area contributed by atoms with Crippen LogP contribution in [0.15, 0.2) is 28.2 Å². The predicted molar refractivity (Wildman–Crippen MR) is 63.4 cm³/mol. The average molecular weight is 306 g/mol. The molecule has 1 heterocycles. The molecule has 0 spiro atoms. The molecule has 0 aliphatic heterocycles. The molecule has 0 aliphatic rings. The fourth-order valence-corrected chi connectivity index (χ4v) is 2.16. The zero-order chi connectivity index (χ0) is 10.7. The van der Waals surface area contributed by atoms with Crippen LogP contribution in [0.2, 0.25) is 5.02 Å². The largest absolute Gasteiger partial charge is 0.464 e. The Morgan fingerprint density at radius 1 is 1.40 bits per heavy atom. The van der Waals surface area contributed by atoms with Crippen molar-refractivity contribution in [3.8, 4) is 5.19 Å². The molecule has 2 aromatic rings. The first kappa shape index (κ1) is 10.9. The molecule has 1 aromatic heterocycles. The molecule has 0 radical (unpaired) electrons. The second-order valence-electron chi connectivity index (χ2n) is 2.74. The second-order valence-corrected chi connectivity index (χ2v) is 5.39. The van der Waals surface area contributed by atoms with Crippen molar-refractivity contribution in [2.24, 2.45) is 0 Å². The van der Waals surface area contributed by atoms with Crippen LogP contribution < -0.4 is 4.74 Å². The molecule has 0 saturated carbocycles. The van der Waals surface area contributed by atoms with Crippen molar-refractivity contribution < 1.29 is 4.74 Å². The van der Waals surface area contributed by atoms with Gasteiger partial charge in [0, 0.05) is 5.02 Å². The van der Waals surface area contributed by atoms with Gasteiger partial charge >= 0.3 is 0 Å². The second kappa shape index (κ2) is 4.92. The molecule has 6 heteroatoms. The summed E-state index contributed by atoms with van der Waals surface area (Å²) in [5.41, 5.74) is 1.01. The lowest BCUT2D eigenvalue weighted by atomic mass is 10.2. The molecular weight excluding hydrogens is 300 g/mol. The molecule has 1 aromatic carbocycles. The van der Waals surface area contributed by atoms with E-state index < -0.39 is 0 Å².